The molecule has 1 atom stereocenters. The fraction of sp³-hybridized carbons (Fsp3) is 0.106. The van der Waals surface area contributed by atoms with Crippen molar-refractivity contribution in [2.45, 2.75) is 35.9 Å². The molecule has 0 aliphatic rings. The van der Waals surface area contributed by atoms with E-state index < -0.39 is 21.6 Å². The van der Waals surface area contributed by atoms with E-state index in [1.807, 2.05) is 73.1 Å². The van der Waals surface area contributed by atoms with Crippen LogP contribution in [0, 0.1) is 11.3 Å². The van der Waals surface area contributed by atoms with E-state index in [1.54, 1.807) is 46.8 Å². The van der Waals surface area contributed by atoms with Gasteiger partial charge in [0.25, 0.3) is 0 Å². The van der Waals surface area contributed by atoms with Crippen molar-refractivity contribution in [3.8, 4) is 6.07 Å². The maximum Gasteiger partial charge on any atom is 0.243 e. The van der Waals surface area contributed by atoms with E-state index in [1.165, 1.54) is 0 Å². The number of aromatic nitrogens is 2. The summed E-state index contributed by atoms with van der Waals surface area (Å²) in [7, 11) is -3.98. The number of sulfonamides is 1. The van der Waals surface area contributed by atoms with Gasteiger partial charge in [0.1, 0.15) is 5.54 Å². The molecule has 0 aliphatic carbocycles. The highest BCUT2D eigenvalue weighted by atomic mass is 79.9. The Morgan fingerprint density at radius 1 is 0.745 bits per heavy atom. The van der Waals surface area contributed by atoms with Gasteiger partial charge in [0, 0.05) is 23.3 Å². The number of hydrogen-bond donors (Lipinski definition) is 0. The molecule has 1 unspecified atom stereocenters. The monoisotopic (exact) mass is 802 g/mol. The smallest absolute Gasteiger partial charge is 0.243 e. The summed E-state index contributed by atoms with van der Waals surface area (Å²) in [5, 5.41) is 9.69. The Kier molecular flexibility index (Phi) is 11.6. The molecule has 7 aromatic rings. The first-order valence-corrected chi connectivity index (χ1v) is 20.3. The molecule has 0 saturated carbocycles. The molecule has 0 aliphatic heterocycles. The SMILES string of the molecule is N#Cc1ccc(Br)c(CN(C(CC=Cc2cn(C(c3ccccc3)(c3ccccc3)c3ccccc3)cn2)Cc2ccccc2)S(=O)(=O)c2ccccc2)c1. The Bertz CT molecular complexity index is 2410. The topological polar surface area (TPSA) is 79.0 Å². The summed E-state index contributed by atoms with van der Waals surface area (Å²) in [4.78, 5) is 5.10. The minimum absolute atomic E-state index is 0.0705. The number of benzene rings is 6. The van der Waals surface area contributed by atoms with Gasteiger partial charge in [-0.2, -0.15) is 9.57 Å². The van der Waals surface area contributed by atoms with E-state index in [9.17, 15) is 13.7 Å². The maximum absolute atomic E-state index is 14.6. The molecule has 0 radical (unpaired) electrons. The van der Waals surface area contributed by atoms with Crippen LogP contribution in [-0.4, -0.2) is 28.3 Å². The lowest BCUT2D eigenvalue weighted by Gasteiger charge is -2.37. The van der Waals surface area contributed by atoms with Crippen LogP contribution in [-0.2, 0) is 28.5 Å². The van der Waals surface area contributed by atoms with Gasteiger partial charge in [-0.05, 0) is 77.1 Å². The second-order valence-electron chi connectivity index (χ2n) is 13.3. The van der Waals surface area contributed by atoms with Crippen molar-refractivity contribution in [1.82, 2.24) is 13.9 Å². The van der Waals surface area contributed by atoms with Crippen LogP contribution in [0.15, 0.2) is 198 Å². The van der Waals surface area contributed by atoms with E-state index in [2.05, 4.69) is 106 Å². The third-order valence-electron chi connectivity index (χ3n) is 9.83. The molecule has 8 heteroatoms. The van der Waals surface area contributed by atoms with Gasteiger partial charge < -0.3 is 4.57 Å². The standard InChI is InChI=1S/C47H39BrN4O2S/c48-46-30-29-38(33-49)31-39(46)34-52(55(53,54)45-27-14-5-15-28-45)44(32-37-17-6-1-7-18-37)26-16-25-43-35-51(36-50-43)47(40-19-8-2-9-20-40,41-21-10-3-11-22-41)42-23-12-4-13-24-42/h1-25,27-31,35-36,44H,26,32,34H2. The van der Waals surface area contributed by atoms with Crippen LogP contribution in [0.2, 0.25) is 0 Å². The van der Waals surface area contributed by atoms with Gasteiger partial charge in [0.15, 0.2) is 0 Å². The van der Waals surface area contributed by atoms with Crippen molar-refractivity contribution in [3.63, 3.8) is 0 Å². The van der Waals surface area contributed by atoms with Gasteiger partial charge in [-0.25, -0.2) is 13.4 Å². The average molecular weight is 804 g/mol. The van der Waals surface area contributed by atoms with Gasteiger partial charge in [-0.1, -0.05) is 162 Å². The van der Waals surface area contributed by atoms with Crippen LogP contribution >= 0.6 is 15.9 Å². The predicted octanol–water partition coefficient (Wildman–Crippen LogP) is 10.3. The summed E-state index contributed by atoms with van der Waals surface area (Å²) < 4.78 is 33.7. The summed E-state index contributed by atoms with van der Waals surface area (Å²) in [6, 6.07) is 56.8. The molecule has 0 N–H and O–H groups in total. The third-order valence-corrected chi connectivity index (χ3v) is 12.5. The highest BCUT2D eigenvalue weighted by Gasteiger charge is 2.38. The Morgan fingerprint density at radius 2 is 1.27 bits per heavy atom. The van der Waals surface area contributed by atoms with Gasteiger partial charge in [0.05, 0.1) is 28.5 Å². The number of halogens is 1. The fourth-order valence-electron chi connectivity index (χ4n) is 7.20. The Labute approximate surface area is 331 Å². The summed E-state index contributed by atoms with van der Waals surface area (Å²) >= 11 is 3.62. The van der Waals surface area contributed by atoms with Gasteiger partial charge in [0.2, 0.25) is 10.0 Å². The summed E-state index contributed by atoms with van der Waals surface area (Å²) in [5.74, 6) is 0. The molecule has 0 saturated heterocycles. The average Bonchev–Trinajstić information content (AvgIpc) is 3.71. The molecule has 0 spiro atoms. The quantitative estimate of drug-likeness (QED) is 0.103. The van der Waals surface area contributed by atoms with Crippen LogP contribution in [0.1, 0.15) is 45.5 Å². The zero-order chi connectivity index (χ0) is 38.1. The van der Waals surface area contributed by atoms with Crippen LogP contribution in [0.5, 0.6) is 0 Å². The number of rotatable bonds is 14. The van der Waals surface area contributed by atoms with E-state index in [0.717, 1.165) is 32.4 Å². The molecule has 0 amide bonds. The van der Waals surface area contributed by atoms with Crippen molar-refractivity contribution in [3.05, 3.63) is 232 Å². The normalized spacial score (nSPS) is 12.5. The van der Waals surface area contributed by atoms with Crippen LogP contribution in [0.4, 0.5) is 0 Å². The van der Waals surface area contributed by atoms with Crippen molar-refractivity contribution in [1.29, 1.82) is 5.26 Å². The van der Waals surface area contributed by atoms with E-state index in [4.69, 9.17) is 4.98 Å². The lowest BCUT2D eigenvalue weighted by molar-refractivity contribution is 0.310. The number of nitriles is 1. The highest BCUT2D eigenvalue weighted by Crippen LogP contribution is 2.41. The van der Waals surface area contributed by atoms with E-state index >= 15 is 0 Å². The largest absolute Gasteiger partial charge is 0.318 e. The fourth-order valence-corrected chi connectivity index (χ4v) is 9.21. The number of nitrogens with zero attached hydrogens (tertiary/aromatic N) is 4. The first kappa shape index (κ1) is 37.5. The predicted molar refractivity (Wildman–Crippen MR) is 222 cm³/mol. The Morgan fingerprint density at radius 3 is 1.82 bits per heavy atom. The van der Waals surface area contributed by atoms with Crippen molar-refractivity contribution >= 4 is 32.0 Å². The lowest BCUT2D eigenvalue weighted by Crippen LogP contribution is -2.41. The molecule has 7 rings (SSSR count). The van der Waals surface area contributed by atoms with Crippen LogP contribution in [0.3, 0.4) is 0 Å². The number of imidazole rings is 1. The molecule has 272 valence electrons. The molecule has 1 heterocycles. The lowest BCUT2D eigenvalue weighted by atomic mass is 9.77. The molecule has 1 aromatic heterocycles. The minimum Gasteiger partial charge on any atom is -0.318 e. The van der Waals surface area contributed by atoms with Gasteiger partial charge in [-0.15, -0.1) is 0 Å². The molecule has 6 nitrogen and oxygen atoms in total. The maximum atomic E-state index is 14.6. The van der Waals surface area contributed by atoms with Crippen molar-refractivity contribution in [2.75, 3.05) is 0 Å². The van der Waals surface area contributed by atoms with E-state index in [0.29, 0.717) is 24.0 Å². The highest BCUT2D eigenvalue weighted by molar-refractivity contribution is 9.10. The van der Waals surface area contributed by atoms with Crippen LogP contribution < -0.4 is 0 Å². The second kappa shape index (κ2) is 17.1. The molecular formula is C47H39BrN4O2S. The third kappa shape index (κ3) is 8.15. The number of hydrogen-bond acceptors (Lipinski definition) is 4. The molecule has 0 bridgehead atoms. The second-order valence-corrected chi connectivity index (χ2v) is 16.0. The molecular weight excluding hydrogens is 765 g/mol. The Hall–Kier alpha value is -5.85. The summed E-state index contributed by atoms with van der Waals surface area (Å²) in [6.07, 6.45) is 8.80. The molecule has 55 heavy (non-hydrogen) atoms. The first-order chi connectivity index (χ1) is 26.9. The van der Waals surface area contributed by atoms with Gasteiger partial charge >= 0.3 is 0 Å². The first-order valence-electron chi connectivity index (χ1n) is 18.1. The molecule has 0 fully saturated rings. The molecule has 6 aromatic carbocycles. The summed E-state index contributed by atoms with van der Waals surface area (Å²) in [5.41, 5.74) is 5.51. The minimum atomic E-state index is -3.98. The van der Waals surface area contributed by atoms with Crippen molar-refractivity contribution < 1.29 is 8.42 Å². The zero-order valence-electron chi connectivity index (χ0n) is 30.1. The summed E-state index contributed by atoms with van der Waals surface area (Å²) in [6.45, 7) is 0.0705. The van der Waals surface area contributed by atoms with Crippen LogP contribution in [0.25, 0.3) is 6.08 Å². The zero-order valence-corrected chi connectivity index (χ0v) is 32.5. The van der Waals surface area contributed by atoms with E-state index in [-0.39, 0.29) is 11.4 Å². The van der Waals surface area contributed by atoms with Gasteiger partial charge in [-0.3, -0.25) is 0 Å². The van der Waals surface area contributed by atoms with Crippen molar-refractivity contribution in [2.24, 2.45) is 0 Å². The Balaban J connectivity index is 1.29.